The van der Waals surface area contributed by atoms with Gasteiger partial charge < -0.3 is 4.74 Å². The van der Waals surface area contributed by atoms with Crippen LogP contribution in [0.3, 0.4) is 0 Å². The molecule has 2 aromatic rings. The van der Waals surface area contributed by atoms with E-state index in [1.807, 2.05) is 0 Å². The van der Waals surface area contributed by atoms with Crippen molar-refractivity contribution in [3.63, 3.8) is 0 Å². The fourth-order valence-corrected chi connectivity index (χ4v) is 1.90. The number of rotatable bonds is 3. The Morgan fingerprint density at radius 2 is 1.95 bits per heavy atom. The van der Waals surface area contributed by atoms with Gasteiger partial charge >= 0.3 is 12.3 Å². The third kappa shape index (κ3) is 3.18. The SMILES string of the molecule is CCOC(=O)c1ncn(C(F)(F)F)c1-c1ccc(Cl)cc1. The molecule has 1 aromatic heterocycles. The second-order valence-electron chi connectivity index (χ2n) is 4.01. The number of alkyl halides is 3. The highest BCUT2D eigenvalue weighted by Gasteiger charge is 2.36. The minimum Gasteiger partial charge on any atom is -0.461 e. The number of imidazole rings is 1. The Morgan fingerprint density at radius 3 is 2.48 bits per heavy atom. The molecule has 0 saturated heterocycles. The van der Waals surface area contributed by atoms with Gasteiger partial charge in [-0.1, -0.05) is 23.7 Å². The van der Waals surface area contributed by atoms with Gasteiger partial charge in [0.05, 0.1) is 12.3 Å². The van der Waals surface area contributed by atoms with Crippen molar-refractivity contribution in [3.05, 3.63) is 41.3 Å². The third-order valence-corrected chi connectivity index (χ3v) is 2.88. The van der Waals surface area contributed by atoms with Gasteiger partial charge in [0, 0.05) is 10.6 Å². The van der Waals surface area contributed by atoms with Crippen LogP contribution in [-0.2, 0) is 11.0 Å². The molecule has 1 heterocycles. The lowest BCUT2D eigenvalue weighted by Gasteiger charge is -2.12. The maximum absolute atomic E-state index is 13.0. The Balaban J connectivity index is 2.61. The number of nitrogens with zero attached hydrogens (tertiary/aromatic N) is 2. The Hall–Kier alpha value is -2.02. The number of esters is 1. The zero-order valence-electron chi connectivity index (χ0n) is 10.8. The fraction of sp³-hybridized carbons (Fsp3) is 0.231. The number of aromatic nitrogens is 2. The summed E-state index contributed by atoms with van der Waals surface area (Å²) in [4.78, 5) is 15.3. The average molecular weight is 319 g/mol. The summed E-state index contributed by atoms with van der Waals surface area (Å²) in [6, 6.07) is 5.62. The molecular weight excluding hydrogens is 309 g/mol. The predicted molar refractivity (Wildman–Crippen MR) is 69.9 cm³/mol. The van der Waals surface area contributed by atoms with E-state index in [9.17, 15) is 18.0 Å². The van der Waals surface area contributed by atoms with Crippen LogP contribution < -0.4 is 0 Å². The highest BCUT2D eigenvalue weighted by Crippen LogP contribution is 2.33. The number of hydrogen-bond acceptors (Lipinski definition) is 3. The molecule has 1 aromatic carbocycles. The van der Waals surface area contributed by atoms with Crippen molar-refractivity contribution >= 4 is 17.6 Å². The highest BCUT2D eigenvalue weighted by molar-refractivity contribution is 6.30. The lowest BCUT2D eigenvalue weighted by Crippen LogP contribution is -2.18. The van der Waals surface area contributed by atoms with E-state index in [1.54, 1.807) is 6.92 Å². The summed E-state index contributed by atoms with van der Waals surface area (Å²) in [5.41, 5.74) is -0.605. The topological polar surface area (TPSA) is 44.1 Å². The first-order valence-corrected chi connectivity index (χ1v) is 6.30. The van der Waals surface area contributed by atoms with Crippen molar-refractivity contribution in [2.24, 2.45) is 0 Å². The lowest BCUT2D eigenvalue weighted by molar-refractivity contribution is -0.202. The van der Waals surface area contributed by atoms with E-state index in [1.165, 1.54) is 24.3 Å². The third-order valence-electron chi connectivity index (χ3n) is 2.63. The number of benzene rings is 1. The normalized spacial score (nSPS) is 11.5. The van der Waals surface area contributed by atoms with Gasteiger partial charge in [0.2, 0.25) is 0 Å². The molecule has 0 fully saturated rings. The summed E-state index contributed by atoms with van der Waals surface area (Å²) in [7, 11) is 0. The maximum Gasteiger partial charge on any atom is 0.490 e. The average Bonchev–Trinajstić information content (AvgIpc) is 2.84. The second-order valence-corrected chi connectivity index (χ2v) is 4.44. The van der Waals surface area contributed by atoms with Gasteiger partial charge in [0.25, 0.3) is 0 Å². The molecule has 0 atom stereocenters. The molecule has 0 bridgehead atoms. The van der Waals surface area contributed by atoms with Crippen molar-refractivity contribution in [2.45, 2.75) is 13.2 Å². The van der Waals surface area contributed by atoms with Gasteiger partial charge in [-0.3, -0.25) is 0 Å². The maximum atomic E-state index is 13.0. The molecule has 0 spiro atoms. The van der Waals surface area contributed by atoms with Crippen LogP contribution in [0.25, 0.3) is 11.3 Å². The summed E-state index contributed by atoms with van der Waals surface area (Å²) in [5.74, 6) is -0.912. The summed E-state index contributed by atoms with van der Waals surface area (Å²) in [5, 5.41) is 0.370. The number of halogens is 4. The lowest BCUT2D eigenvalue weighted by atomic mass is 10.1. The van der Waals surface area contributed by atoms with E-state index in [2.05, 4.69) is 4.98 Å². The Kier molecular flexibility index (Phi) is 4.22. The van der Waals surface area contributed by atoms with Crippen LogP contribution in [0, 0.1) is 0 Å². The van der Waals surface area contributed by atoms with Crippen LogP contribution in [0.2, 0.25) is 5.02 Å². The van der Waals surface area contributed by atoms with Crippen molar-refractivity contribution in [1.82, 2.24) is 9.55 Å². The van der Waals surface area contributed by atoms with Crippen molar-refractivity contribution in [2.75, 3.05) is 6.61 Å². The molecule has 112 valence electrons. The molecule has 0 saturated carbocycles. The van der Waals surface area contributed by atoms with Crippen LogP contribution in [0.15, 0.2) is 30.6 Å². The quantitative estimate of drug-likeness (QED) is 0.807. The number of ether oxygens (including phenoxy) is 1. The van der Waals surface area contributed by atoms with E-state index in [0.29, 0.717) is 11.3 Å². The first kappa shape index (κ1) is 15.4. The molecule has 8 heteroatoms. The molecular formula is C13H10ClF3N2O2. The molecule has 0 aliphatic heterocycles. The largest absolute Gasteiger partial charge is 0.490 e. The van der Waals surface area contributed by atoms with Crippen LogP contribution in [0.1, 0.15) is 17.4 Å². The standard InChI is InChI=1S/C13H10ClF3N2O2/c1-2-21-12(20)10-11(8-3-5-9(14)6-4-8)19(7-18-10)13(15,16)17/h3-7H,2H2,1H3. The summed E-state index contributed by atoms with van der Waals surface area (Å²) >= 11 is 5.72. The minimum atomic E-state index is -4.70. The van der Waals surface area contributed by atoms with Crippen LogP contribution in [-0.4, -0.2) is 22.1 Å². The van der Waals surface area contributed by atoms with Gasteiger partial charge in [-0.05, 0) is 19.1 Å². The van der Waals surface area contributed by atoms with Gasteiger partial charge in [0.15, 0.2) is 5.69 Å². The van der Waals surface area contributed by atoms with Crippen molar-refractivity contribution in [1.29, 1.82) is 0 Å². The predicted octanol–water partition coefficient (Wildman–Crippen LogP) is 3.86. The Bertz CT molecular complexity index is 650. The highest BCUT2D eigenvalue weighted by atomic mass is 35.5. The number of hydrogen-bond donors (Lipinski definition) is 0. The molecule has 0 N–H and O–H groups in total. The second kappa shape index (κ2) is 5.77. The monoisotopic (exact) mass is 318 g/mol. The summed E-state index contributed by atoms with van der Waals surface area (Å²) < 4.78 is 43.8. The molecule has 0 aliphatic carbocycles. The van der Waals surface area contributed by atoms with Gasteiger partial charge in [-0.2, -0.15) is 0 Å². The molecule has 0 aliphatic rings. The van der Waals surface area contributed by atoms with Gasteiger partial charge in [-0.25, -0.2) is 14.3 Å². The van der Waals surface area contributed by atoms with Crippen molar-refractivity contribution in [3.8, 4) is 11.3 Å². The summed E-state index contributed by atoms with van der Waals surface area (Å²) in [6.45, 7) is 1.60. The van der Waals surface area contributed by atoms with Gasteiger partial charge in [-0.15, -0.1) is 13.2 Å². The van der Waals surface area contributed by atoms with Crippen LogP contribution >= 0.6 is 11.6 Å². The first-order valence-electron chi connectivity index (χ1n) is 5.92. The van der Waals surface area contributed by atoms with E-state index in [0.717, 1.165) is 0 Å². The smallest absolute Gasteiger partial charge is 0.461 e. The van der Waals surface area contributed by atoms with E-state index in [-0.39, 0.29) is 22.4 Å². The molecule has 2 rings (SSSR count). The zero-order valence-corrected chi connectivity index (χ0v) is 11.6. The minimum absolute atomic E-state index is 0.0253. The molecule has 0 unspecified atom stereocenters. The Labute approximate surface area is 123 Å². The Morgan fingerprint density at radius 1 is 1.33 bits per heavy atom. The molecule has 4 nitrogen and oxygen atoms in total. The van der Waals surface area contributed by atoms with Gasteiger partial charge in [0.1, 0.15) is 6.33 Å². The van der Waals surface area contributed by atoms with E-state index in [4.69, 9.17) is 16.3 Å². The van der Waals surface area contributed by atoms with E-state index >= 15 is 0 Å². The summed E-state index contributed by atoms with van der Waals surface area (Å²) in [6.07, 6.45) is -4.15. The zero-order chi connectivity index (χ0) is 15.6. The molecule has 21 heavy (non-hydrogen) atoms. The van der Waals surface area contributed by atoms with E-state index < -0.39 is 18.0 Å². The number of carbonyl (C=O) groups excluding carboxylic acids is 1. The van der Waals surface area contributed by atoms with Crippen LogP contribution in [0.5, 0.6) is 0 Å². The molecule has 0 radical (unpaired) electrons. The molecule has 0 amide bonds. The first-order chi connectivity index (χ1) is 9.84. The fourth-order valence-electron chi connectivity index (χ4n) is 1.77. The number of carbonyl (C=O) groups is 1. The van der Waals surface area contributed by atoms with Crippen LogP contribution in [0.4, 0.5) is 13.2 Å². The van der Waals surface area contributed by atoms with Crippen molar-refractivity contribution < 1.29 is 22.7 Å².